The summed E-state index contributed by atoms with van der Waals surface area (Å²) in [6.45, 7) is 2.63. The zero-order valence-corrected chi connectivity index (χ0v) is 11.8. The topological polar surface area (TPSA) is 35.5 Å². The van der Waals surface area contributed by atoms with Crippen LogP contribution in [0.5, 0.6) is 5.75 Å². The first-order valence-corrected chi connectivity index (χ1v) is 7.11. The van der Waals surface area contributed by atoms with Crippen molar-refractivity contribution in [3.63, 3.8) is 0 Å². The van der Waals surface area contributed by atoms with Crippen molar-refractivity contribution in [2.75, 3.05) is 13.1 Å². The molecule has 2 aromatic rings. The molecule has 20 heavy (non-hydrogen) atoms. The van der Waals surface area contributed by atoms with Crippen LogP contribution in [0.3, 0.4) is 0 Å². The third-order valence-corrected chi connectivity index (χ3v) is 3.90. The number of phenolic OH excluding ortho intramolecular Hbond substituents is 1. The minimum Gasteiger partial charge on any atom is -0.508 e. The van der Waals surface area contributed by atoms with E-state index in [2.05, 4.69) is 10.2 Å². The van der Waals surface area contributed by atoms with Gasteiger partial charge in [-0.15, -0.1) is 0 Å². The minimum absolute atomic E-state index is 0.173. The number of nitrogens with zero attached hydrogens (tertiary/aromatic N) is 1. The number of hydrogen-bond acceptors (Lipinski definition) is 3. The fraction of sp³-hybridized carbons (Fsp3) is 0.250. The zero-order valence-electron chi connectivity index (χ0n) is 11.1. The number of para-hydroxylation sites is 1. The lowest BCUT2D eigenvalue weighted by Crippen LogP contribution is -2.27. The Hall–Kier alpha value is -1.55. The quantitative estimate of drug-likeness (QED) is 0.911. The van der Waals surface area contributed by atoms with Crippen molar-refractivity contribution < 1.29 is 5.11 Å². The molecule has 0 saturated carbocycles. The van der Waals surface area contributed by atoms with E-state index in [1.807, 2.05) is 42.5 Å². The summed E-state index contributed by atoms with van der Waals surface area (Å²) >= 11 is 5.94. The molecule has 1 saturated heterocycles. The van der Waals surface area contributed by atoms with Crippen molar-refractivity contribution in [2.24, 2.45) is 0 Å². The highest BCUT2D eigenvalue weighted by atomic mass is 35.5. The molecule has 1 heterocycles. The Labute approximate surface area is 123 Å². The van der Waals surface area contributed by atoms with Gasteiger partial charge in [0.15, 0.2) is 0 Å². The van der Waals surface area contributed by atoms with E-state index in [0.29, 0.717) is 5.75 Å². The van der Waals surface area contributed by atoms with Crippen LogP contribution in [0.25, 0.3) is 0 Å². The van der Waals surface area contributed by atoms with E-state index >= 15 is 0 Å². The normalized spacial score (nSPS) is 19.4. The number of hydrogen-bond donors (Lipinski definition) is 2. The Kier molecular flexibility index (Phi) is 3.92. The number of aromatic hydroxyl groups is 1. The van der Waals surface area contributed by atoms with E-state index in [-0.39, 0.29) is 6.17 Å². The van der Waals surface area contributed by atoms with Gasteiger partial charge in [0.25, 0.3) is 0 Å². The maximum atomic E-state index is 9.90. The van der Waals surface area contributed by atoms with E-state index in [1.54, 1.807) is 6.07 Å². The van der Waals surface area contributed by atoms with Crippen molar-refractivity contribution >= 4 is 11.6 Å². The van der Waals surface area contributed by atoms with Crippen LogP contribution in [-0.2, 0) is 6.54 Å². The summed E-state index contributed by atoms with van der Waals surface area (Å²) in [4.78, 5) is 2.32. The molecule has 0 spiro atoms. The van der Waals surface area contributed by atoms with Gasteiger partial charge in [-0.25, -0.2) is 0 Å². The molecule has 1 atom stereocenters. The summed E-state index contributed by atoms with van der Waals surface area (Å²) in [5.74, 6) is 0.356. The molecule has 0 bridgehead atoms. The molecule has 3 rings (SSSR count). The summed E-state index contributed by atoms with van der Waals surface area (Å²) < 4.78 is 0. The number of nitrogens with one attached hydrogen (secondary N) is 1. The van der Waals surface area contributed by atoms with Crippen molar-refractivity contribution in [1.82, 2.24) is 10.2 Å². The summed E-state index contributed by atoms with van der Waals surface area (Å²) in [7, 11) is 0. The lowest BCUT2D eigenvalue weighted by atomic mass is 10.1. The maximum absolute atomic E-state index is 9.90. The SMILES string of the molecule is Oc1ccccc1CN1CCNC1c1ccc(Cl)cc1. The highest BCUT2D eigenvalue weighted by Crippen LogP contribution is 2.27. The van der Waals surface area contributed by atoms with Crippen LogP contribution in [0.15, 0.2) is 48.5 Å². The summed E-state index contributed by atoms with van der Waals surface area (Å²) in [6, 6.07) is 15.4. The molecule has 0 amide bonds. The Morgan fingerprint density at radius 1 is 1.15 bits per heavy atom. The molecule has 1 aliphatic rings. The molecule has 3 nitrogen and oxygen atoms in total. The Bertz CT molecular complexity index is 585. The van der Waals surface area contributed by atoms with Gasteiger partial charge in [0, 0.05) is 30.2 Å². The first-order valence-electron chi connectivity index (χ1n) is 6.74. The molecule has 0 radical (unpaired) electrons. The molecule has 1 unspecified atom stereocenters. The fourth-order valence-electron chi connectivity index (χ4n) is 2.61. The lowest BCUT2D eigenvalue weighted by Gasteiger charge is -2.24. The zero-order chi connectivity index (χ0) is 13.9. The molecule has 2 aromatic carbocycles. The molecule has 104 valence electrons. The van der Waals surface area contributed by atoms with E-state index in [1.165, 1.54) is 5.56 Å². The van der Waals surface area contributed by atoms with Gasteiger partial charge in [0.2, 0.25) is 0 Å². The highest BCUT2D eigenvalue weighted by Gasteiger charge is 2.25. The van der Waals surface area contributed by atoms with Gasteiger partial charge in [-0.1, -0.05) is 41.9 Å². The van der Waals surface area contributed by atoms with Crippen LogP contribution in [0, 0.1) is 0 Å². The third kappa shape index (κ3) is 2.80. The van der Waals surface area contributed by atoms with Crippen LogP contribution < -0.4 is 5.32 Å². The van der Waals surface area contributed by atoms with Gasteiger partial charge < -0.3 is 5.11 Å². The van der Waals surface area contributed by atoms with E-state index in [4.69, 9.17) is 11.6 Å². The van der Waals surface area contributed by atoms with Crippen molar-refractivity contribution in [2.45, 2.75) is 12.7 Å². The largest absolute Gasteiger partial charge is 0.508 e. The van der Waals surface area contributed by atoms with E-state index in [0.717, 1.165) is 30.2 Å². The van der Waals surface area contributed by atoms with E-state index in [9.17, 15) is 5.11 Å². The van der Waals surface area contributed by atoms with Gasteiger partial charge >= 0.3 is 0 Å². The number of phenols is 1. The average Bonchev–Trinajstić information content (AvgIpc) is 2.90. The van der Waals surface area contributed by atoms with Crippen molar-refractivity contribution in [1.29, 1.82) is 0 Å². The van der Waals surface area contributed by atoms with Gasteiger partial charge in [-0.3, -0.25) is 10.2 Å². The number of rotatable bonds is 3. The first-order chi connectivity index (χ1) is 9.74. The van der Waals surface area contributed by atoms with E-state index < -0.39 is 0 Å². The molecular formula is C16H17ClN2O. The van der Waals surface area contributed by atoms with Gasteiger partial charge in [-0.05, 0) is 23.8 Å². The predicted octanol–water partition coefficient (Wildman–Crippen LogP) is 3.15. The molecule has 0 aromatic heterocycles. The van der Waals surface area contributed by atoms with Crippen LogP contribution in [-0.4, -0.2) is 23.1 Å². The Morgan fingerprint density at radius 2 is 1.90 bits per heavy atom. The highest BCUT2D eigenvalue weighted by molar-refractivity contribution is 6.30. The second-order valence-electron chi connectivity index (χ2n) is 5.01. The van der Waals surface area contributed by atoms with Crippen LogP contribution >= 0.6 is 11.6 Å². The van der Waals surface area contributed by atoms with Crippen molar-refractivity contribution in [3.05, 3.63) is 64.7 Å². The molecule has 1 aliphatic heterocycles. The number of benzene rings is 2. The molecular weight excluding hydrogens is 272 g/mol. The van der Waals surface area contributed by atoms with Crippen LogP contribution in [0.1, 0.15) is 17.3 Å². The van der Waals surface area contributed by atoms with Gasteiger partial charge in [0.05, 0.1) is 6.17 Å². The summed E-state index contributed by atoms with van der Waals surface area (Å²) in [5, 5.41) is 14.1. The van der Waals surface area contributed by atoms with Crippen LogP contribution in [0.2, 0.25) is 5.02 Å². The first kappa shape index (κ1) is 13.4. The average molecular weight is 289 g/mol. The molecule has 0 aliphatic carbocycles. The van der Waals surface area contributed by atoms with Gasteiger partial charge in [-0.2, -0.15) is 0 Å². The molecule has 4 heteroatoms. The third-order valence-electron chi connectivity index (χ3n) is 3.65. The van der Waals surface area contributed by atoms with Crippen molar-refractivity contribution in [3.8, 4) is 5.75 Å². The standard InChI is InChI=1S/C16H17ClN2O/c17-14-7-5-12(6-8-14)16-18-9-10-19(16)11-13-3-1-2-4-15(13)20/h1-8,16,18,20H,9-11H2. The monoisotopic (exact) mass is 288 g/mol. The Balaban J connectivity index is 1.79. The second-order valence-corrected chi connectivity index (χ2v) is 5.44. The lowest BCUT2D eigenvalue weighted by molar-refractivity contribution is 0.233. The van der Waals surface area contributed by atoms with Crippen LogP contribution in [0.4, 0.5) is 0 Å². The summed E-state index contributed by atoms with van der Waals surface area (Å²) in [5.41, 5.74) is 2.15. The minimum atomic E-state index is 0.173. The summed E-state index contributed by atoms with van der Waals surface area (Å²) in [6.07, 6.45) is 0.173. The number of halogens is 1. The predicted molar refractivity (Wildman–Crippen MR) is 80.7 cm³/mol. The second kappa shape index (κ2) is 5.83. The molecule has 1 fully saturated rings. The fourth-order valence-corrected chi connectivity index (χ4v) is 2.74. The van der Waals surface area contributed by atoms with Gasteiger partial charge in [0.1, 0.15) is 5.75 Å². The smallest absolute Gasteiger partial charge is 0.120 e. The Morgan fingerprint density at radius 3 is 2.65 bits per heavy atom. The molecule has 2 N–H and O–H groups in total. The maximum Gasteiger partial charge on any atom is 0.120 e.